The third kappa shape index (κ3) is 6.13. The summed E-state index contributed by atoms with van der Waals surface area (Å²) in [6, 6.07) is 8.42. The van der Waals surface area contributed by atoms with E-state index in [2.05, 4.69) is 10.3 Å². The van der Waals surface area contributed by atoms with Crippen molar-refractivity contribution in [3.05, 3.63) is 52.1 Å². The van der Waals surface area contributed by atoms with Gasteiger partial charge in [-0.3, -0.25) is 20.2 Å². The highest BCUT2D eigenvalue weighted by molar-refractivity contribution is 7.89. The van der Waals surface area contributed by atoms with E-state index in [-0.39, 0.29) is 27.0 Å². The Hall–Kier alpha value is -3.09. The van der Waals surface area contributed by atoms with Gasteiger partial charge in [-0.15, -0.1) is 0 Å². The van der Waals surface area contributed by atoms with E-state index in [0.29, 0.717) is 23.3 Å². The number of carbonyl (C=O) groups excluding carboxylic acids is 1. The molecule has 10 nitrogen and oxygen atoms in total. The fourth-order valence-electron chi connectivity index (χ4n) is 3.42. The molecule has 0 aliphatic carbocycles. The molecular formula is C23H28N4O6S2. The average molecular weight is 521 g/mol. The number of nitrogens with one attached hydrogen (secondary N) is 1. The van der Waals surface area contributed by atoms with E-state index in [1.807, 2.05) is 13.8 Å². The van der Waals surface area contributed by atoms with Gasteiger partial charge in [0.05, 0.1) is 27.7 Å². The van der Waals surface area contributed by atoms with Crippen LogP contribution in [0, 0.1) is 10.1 Å². The van der Waals surface area contributed by atoms with Gasteiger partial charge in [-0.25, -0.2) is 13.4 Å². The highest BCUT2D eigenvalue weighted by Gasteiger charge is 2.24. The Morgan fingerprint density at radius 1 is 1.14 bits per heavy atom. The number of thiazole rings is 1. The summed E-state index contributed by atoms with van der Waals surface area (Å²) < 4.78 is 33.4. The van der Waals surface area contributed by atoms with Crippen LogP contribution in [0.5, 0.6) is 5.75 Å². The maximum absolute atomic E-state index is 13.1. The van der Waals surface area contributed by atoms with Crippen LogP contribution < -0.4 is 10.1 Å². The molecule has 1 heterocycles. The number of ether oxygens (including phenoxy) is 1. The zero-order chi connectivity index (χ0) is 25.6. The molecule has 1 N–H and O–H groups in total. The summed E-state index contributed by atoms with van der Waals surface area (Å²) >= 11 is 1.08. The molecule has 35 heavy (non-hydrogen) atoms. The summed E-state index contributed by atoms with van der Waals surface area (Å²) in [5.74, 6) is -0.244. The van der Waals surface area contributed by atoms with Crippen molar-refractivity contribution in [2.45, 2.75) is 44.4 Å². The smallest absolute Gasteiger partial charge is 0.274 e. The Labute approximate surface area is 208 Å². The maximum atomic E-state index is 13.1. The van der Waals surface area contributed by atoms with E-state index in [0.717, 1.165) is 37.0 Å². The van der Waals surface area contributed by atoms with Crippen LogP contribution in [0.1, 0.15) is 49.9 Å². The van der Waals surface area contributed by atoms with Crippen LogP contribution in [0.25, 0.3) is 10.2 Å². The molecule has 2 aromatic carbocycles. The van der Waals surface area contributed by atoms with Crippen molar-refractivity contribution in [3.63, 3.8) is 0 Å². The molecule has 1 amide bonds. The van der Waals surface area contributed by atoms with Crippen molar-refractivity contribution in [1.29, 1.82) is 0 Å². The summed E-state index contributed by atoms with van der Waals surface area (Å²) in [4.78, 5) is 27.8. The molecule has 12 heteroatoms. The molecule has 0 unspecified atom stereocenters. The molecule has 0 saturated heterocycles. The van der Waals surface area contributed by atoms with Gasteiger partial charge >= 0.3 is 0 Å². The fraction of sp³-hybridized carbons (Fsp3) is 0.391. The van der Waals surface area contributed by atoms with Gasteiger partial charge in [0.1, 0.15) is 5.52 Å². The Kier molecular flexibility index (Phi) is 8.76. The second-order valence-electron chi connectivity index (χ2n) is 7.86. The number of rotatable bonds is 12. The zero-order valence-electron chi connectivity index (χ0n) is 19.8. The Morgan fingerprint density at radius 3 is 2.31 bits per heavy atom. The molecule has 0 radical (unpaired) electrons. The van der Waals surface area contributed by atoms with E-state index in [4.69, 9.17) is 4.74 Å². The molecule has 3 aromatic rings. The number of methoxy groups -OCH3 is 1. The highest BCUT2D eigenvalue weighted by Crippen LogP contribution is 2.36. The number of unbranched alkanes of at least 4 members (excludes halogenated alkanes) is 2. The molecule has 0 saturated carbocycles. The summed E-state index contributed by atoms with van der Waals surface area (Å²) in [6.07, 6.45) is 3.34. The number of anilines is 1. The van der Waals surface area contributed by atoms with Gasteiger partial charge in [-0.2, -0.15) is 4.31 Å². The summed E-state index contributed by atoms with van der Waals surface area (Å²) in [6.45, 7) is 4.95. The van der Waals surface area contributed by atoms with Crippen LogP contribution in [0.15, 0.2) is 41.3 Å². The van der Waals surface area contributed by atoms with Crippen molar-refractivity contribution < 1.29 is 22.9 Å². The highest BCUT2D eigenvalue weighted by atomic mass is 32.2. The number of nitrogens with zero attached hydrogens (tertiary/aromatic N) is 3. The van der Waals surface area contributed by atoms with Gasteiger partial charge < -0.3 is 4.74 Å². The Morgan fingerprint density at radius 2 is 1.77 bits per heavy atom. The topological polar surface area (TPSA) is 132 Å². The van der Waals surface area contributed by atoms with Gasteiger partial charge in [0.2, 0.25) is 10.0 Å². The molecule has 3 rings (SSSR count). The quantitative estimate of drug-likeness (QED) is 0.261. The van der Waals surface area contributed by atoms with Crippen molar-refractivity contribution in [3.8, 4) is 5.75 Å². The summed E-state index contributed by atoms with van der Waals surface area (Å²) in [7, 11) is -2.27. The third-order valence-corrected chi connectivity index (χ3v) is 8.20. The second-order valence-corrected chi connectivity index (χ2v) is 10.8. The number of aromatic nitrogens is 1. The fourth-order valence-corrected chi connectivity index (χ4v) is 5.85. The molecule has 0 atom stereocenters. The molecule has 0 aliphatic rings. The molecule has 188 valence electrons. The number of hydrogen-bond donors (Lipinski definition) is 1. The predicted molar refractivity (Wildman–Crippen MR) is 136 cm³/mol. The first-order chi connectivity index (χ1) is 16.7. The second kappa shape index (κ2) is 11.6. The number of fused-ring (bicyclic) bond motifs is 1. The lowest BCUT2D eigenvalue weighted by Crippen LogP contribution is -2.33. The van der Waals surface area contributed by atoms with E-state index in [1.165, 1.54) is 47.8 Å². The lowest BCUT2D eigenvalue weighted by Gasteiger charge is -2.22. The zero-order valence-corrected chi connectivity index (χ0v) is 21.4. The Balaban J connectivity index is 1.80. The number of amides is 1. The maximum Gasteiger partial charge on any atom is 0.274 e. The number of carbonyl (C=O) groups is 1. The molecule has 1 aromatic heterocycles. The van der Waals surface area contributed by atoms with Crippen LogP contribution in [-0.2, 0) is 10.0 Å². The van der Waals surface area contributed by atoms with Crippen molar-refractivity contribution >= 4 is 48.3 Å². The minimum absolute atomic E-state index is 0.137. The third-order valence-electron chi connectivity index (χ3n) is 5.37. The van der Waals surface area contributed by atoms with E-state index in [9.17, 15) is 23.3 Å². The summed E-state index contributed by atoms with van der Waals surface area (Å²) in [5.41, 5.74) is 0.522. The number of sulfonamides is 1. The van der Waals surface area contributed by atoms with E-state index in [1.54, 1.807) is 0 Å². The number of hydrogen-bond acceptors (Lipinski definition) is 8. The normalized spacial score (nSPS) is 11.7. The van der Waals surface area contributed by atoms with Crippen molar-refractivity contribution in [2.75, 3.05) is 25.5 Å². The summed E-state index contributed by atoms with van der Waals surface area (Å²) in [5, 5.41) is 14.1. The van der Waals surface area contributed by atoms with Gasteiger partial charge in [0, 0.05) is 24.7 Å². The van der Waals surface area contributed by atoms with Gasteiger partial charge in [0.15, 0.2) is 10.9 Å². The molecule has 0 fully saturated rings. The number of nitro groups is 1. The number of benzene rings is 2. The van der Waals surface area contributed by atoms with Gasteiger partial charge in [-0.05, 0) is 37.1 Å². The monoisotopic (exact) mass is 520 g/mol. The van der Waals surface area contributed by atoms with Crippen LogP contribution >= 0.6 is 11.3 Å². The standard InChI is InChI=1S/C23H28N4O6S2/c1-4-6-12-26(13-7-5-2)35(31,32)18-10-8-16(9-11-18)22(28)25-23-24-21-19(33-3)14-17(27(29)30)15-20(21)34-23/h8-11,14-15H,4-7,12-13H2,1-3H3,(H,24,25,28). The minimum Gasteiger partial charge on any atom is -0.494 e. The van der Waals surface area contributed by atoms with Crippen LogP contribution in [0.4, 0.5) is 10.8 Å². The van der Waals surface area contributed by atoms with E-state index >= 15 is 0 Å². The van der Waals surface area contributed by atoms with Gasteiger partial charge in [-0.1, -0.05) is 38.0 Å². The lowest BCUT2D eigenvalue weighted by molar-refractivity contribution is -0.384. The van der Waals surface area contributed by atoms with Crippen LogP contribution in [0.2, 0.25) is 0 Å². The number of non-ortho nitro benzene ring substituents is 1. The van der Waals surface area contributed by atoms with E-state index < -0.39 is 20.9 Å². The number of nitro benzene ring substituents is 1. The molecule has 0 spiro atoms. The minimum atomic E-state index is -3.66. The largest absolute Gasteiger partial charge is 0.494 e. The lowest BCUT2D eigenvalue weighted by atomic mass is 10.2. The van der Waals surface area contributed by atoms with Crippen LogP contribution in [0.3, 0.4) is 0 Å². The molecule has 0 aliphatic heterocycles. The molecule has 0 bridgehead atoms. The van der Waals surface area contributed by atoms with Crippen molar-refractivity contribution in [1.82, 2.24) is 9.29 Å². The van der Waals surface area contributed by atoms with Crippen molar-refractivity contribution in [2.24, 2.45) is 0 Å². The first kappa shape index (κ1) is 26.5. The molecular weight excluding hydrogens is 492 g/mol. The predicted octanol–water partition coefficient (Wildman–Crippen LogP) is 5.06. The van der Waals surface area contributed by atoms with Gasteiger partial charge in [0.25, 0.3) is 11.6 Å². The van der Waals surface area contributed by atoms with Crippen LogP contribution in [-0.4, -0.2) is 48.7 Å². The first-order valence-electron chi connectivity index (χ1n) is 11.3. The SMILES string of the molecule is CCCCN(CCCC)S(=O)(=O)c1ccc(C(=O)Nc2nc3c(OC)cc([N+](=O)[O-])cc3s2)cc1. The Bertz CT molecular complexity index is 1300. The first-order valence-corrected chi connectivity index (χ1v) is 13.5. The average Bonchev–Trinajstić information content (AvgIpc) is 3.25.